The van der Waals surface area contributed by atoms with E-state index in [1.807, 2.05) is 0 Å². The molecule has 1 fully saturated rings. The van der Waals surface area contributed by atoms with E-state index in [0.29, 0.717) is 36.8 Å². The quantitative estimate of drug-likeness (QED) is 0.539. The Kier molecular flexibility index (Phi) is 5.83. The van der Waals surface area contributed by atoms with Crippen LogP contribution in [0, 0.1) is 0 Å². The molecule has 1 aromatic heterocycles. The minimum atomic E-state index is -0.162. The molecule has 7 nitrogen and oxygen atoms in total. The van der Waals surface area contributed by atoms with E-state index >= 15 is 0 Å². The van der Waals surface area contributed by atoms with Crippen LogP contribution in [0.4, 0.5) is 0 Å². The summed E-state index contributed by atoms with van der Waals surface area (Å²) < 4.78 is 11.1. The van der Waals surface area contributed by atoms with Gasteiger partial charge in [-0.15, -0.1) is 4.65 Å². The van der Waals surface area contributed by atoms with Gasteiger partial charge in [-0.3, -0.25) is 0 Å². The third-order valence-corrected chi connectivity index (χ3v) is 2.99. The number of hydrogen-bond acceptors (Lipinski definition) is 6. The van der Waals surface area contributed by atoms with Crippen molar-refractivity contribution in [2.45, 2.75) is 12.8 Å². The highest BCUT2D eigenvalue weighted by Crippen LogP contribution is 2.22. The van der Waals surface area contributed by atoms with E-state index in [-0.39, 0.29) is 18.6 Å². The van der Waals surface area contributed by atoms with Crippen LogP contribution in [0.3, 0.4) is 0 Å². The fourth-order valence-electron chi connectivity index (χ4n) is 1.98. The van der Waals surface area contributed by atoms with Crippen molar-refractivity contribution in [2.75, 3.05) is 34.0 Å². The average Bonchev–Trinajstić information content (AvgIpc) is 2.40. The zero-order chi connectivity index (χ0) is 12.1. The number of halogens is 1. The highest BCUT2D eigenvalue weighted by molar-refractivity contribution is 4.78. The van der Waals surface area contributed by atoms with Crippen molar-refractivity contribution in [3.63, 3.8) is 0 Å². The second kappa shape index (κ2) is 6.91. The van der Waals surface area contributed by atoms with Gasteiger partial charge in [0.05, 0.1) is 13.7 Å². The van der Waals surface area contributed by atoms with Crippen molar-refractivity contribution < 1.29 is 31.4 Å². The van der Waals surface area contributed by atoms with E-state index in [4.69, 9.17) is 14.3 Å². The fourth-order valence-corrected chi connectivity index (χ4v) is 1.98. The minimum absolute atomic E-state index is 0. The SMILES string of the molecule is COC1COCC[N+]1(Cc1ncncn1)OC.[Cl-]. The number of quaternary nitrogens is 1. The molecule has 1 aliphatic heterocycles. The monoisotopic (exact) mass is 276 g/mol. The van der Waals surface area contributed by atoms with Gasteiger partial charge in [0.2, 0.25) is 6.23 Å². The van der Waals surface area contributed by atoms with E-state index in [1.165, 1.54) is 12.7 Å². The van der Waals surface area contributed by atoms with Crippen molar-refractivity contribution in [3.8, 4) is 0 Å². The highest BCUT2D eigenvalue weighted by Gasteiger charge is 2.43. The fraction of sp³-hybridized carbons (Fsp3) is 0.700. The Hall–Kier alpha value is -0.860. The van der Waals surface area contributed by atoms with Gasteiger partial charge in [-0.1, -0.05) is 0 Å². The molecule has 0 amide bonds. The second-order valence-corrected chi connectivity index (χ2v) is 3.84. The summed E-state index contributed by atoms with van der Waals surface area (Å²) in [5, 5.41) is 0. The maximum atomic E-state index is 5.62. The van der Waals surface area contributed by atoms with Crippen LogP contribution < -0.4 is 12.4 Å². The lowest BCUT2D eigenvalue weighted by atomic mass is 10.3. The summed E-state index contributed by atoms with van der Waals surface area (Å²) in [6.07, 6.45) is 2.80. The molecular formula is C10H17ClN4O3. The predicted molar refractivity (Wildman–Crippen MR) is 57.3 cm³/mol. The maximum absolute atomic E-state index is 5.62. The lowest BCUT2D eigenvalue weighted by molar-refractivity contribution is -1.15. The Balaban J connectivity index is 0.00000162. The van der Waals surface area contributed by atoms with Crippen LogP contribution in [0.2, 0.25) is 0 Å². The first-order valence-electron chi connectivity index (χ1n) is 5.44. The van der Waals surface area contributed by atoms with Gasteiger partial charge in [-0.25, -0.2) is 19.8 Å². The Morgan fingerprint density at radius 2 is 2.11 bits per heavy atom. The molecule has 0 radical (unpaired) electrons. The molecule has 1 aromatic rings. The van der Waals surface area contributed by atoms with Gasteiger partial charge < -0.3 is 21.9 Å². The molecule has 0 aromatic carbocycles. The number of methoxy groups -OCH3 is 1. The number of morpholine rings is 1. The molecule has 0 aliphatic carbocycles. The van der Waals surface area contributed by atoms with Crippen LogP contribution in [0.25, 0.3) is 0 Å². The number of hydroxylamine groups is 3. The second-order valence-electron chi connectivity index (χ2n) is 3.84. The van der Waals surface area contributed by atoms with Crippen molar-refractivity contribution in [1.29, 1.82) is 0 Å². The van der Waals surface area contributed by atoms with Crippen molar-refractivity contribution in [2.24, 2.45) is 0 Å². The van der Waals surface area contributed by atoms with Gasteiger partial charge in [-0.05, 0) is 0 Å². The van der Waals surface area contributed by atoms with Gasteiger partial charge in [0.15, 0.2) is 12.4 Å². The summed E-state index contributed by atoms with van der Waals surface area (Å²) in [5.74, 6) is 0.686. The molecular weight excluding hydrogens is 260 g/mol. The molecule has 2 heterocycles. The Morgan fingerprint density at radius 3 is 2.72 bits per heavy atom. The maximum Gasteiger partial charge on any atom is 0.247 e. The summed E-state index contributed by atoms with van der Waals surface area (Å²) >= 11 is 0. The Morgan fingerprint density at radius 1 is 1.39 bits per heavy atom. The zero-order valence-electron chi connectivity index (χ0n) is 10.5. The molecule has 0 spiro atoms. The van der Waals surface area contributed by atoms with Crippen LogP contribution in [-0.4, -0.2) is 59.8 Å². The molecule has 0 N–H and O–H groups in total. The smallest absolute Gasteiger partial charge is 0.247 e. The molecule has 2 atom stereocenters. The minimum Gasteiger partial charge on any atom is -1.00 e. The van der Waals surface area contributed by atoms with Gasteiger partial charge in [-0.2, -0.15) is 0 Å². The summed E-state index contributed by atoms with van der Waals surface area (Å²) in [7, 11) is 3.32. The molecule has 1 saturated heterocycles. The summed E-state index contributed by atoms with van der Waals surface area (Å²) in [4.78, 5) is 17.7. The summed E-state index contributed by atoms with van der Waals surface area (Å²) in [6.45, 7) is 2.40. The van der Waals surface area contributed by atoms with E-state index in [9.17, 15) is 0 Å². The van der Waals surface area contributed by atoms with Crippen molar-refractivity contribution in [1.82, 2.24) is 15.0 Å². The summed E-state index contributed by atoms with van der Waals surface area (Å²) in [5.41, 5.74) is 0. The molecule has 18 heavy (non-hydrogen) atoms. The standard InChI is InChI=1S/C10H17N4O3.ClH/c1-15-10-6-17-4-3-14(10,16-2)5-9-12-7-11-8-13-9;/h7-8,10H,3-6H2,1-2H3;1H/q+1;/p-1. The summed E-state index contributed by atoms with van der Waals surface area (Å²) in [6, 6.07) is 0. The normalized spacial score (nSPS) is 27.6. The molecule has 2 unspecified atom stereocenters. The molecule has 102 valence electrons. The average molecular weight is 277 g/mol. The van der Waals surface area contributed by atoms with Gasteiger partial charge >= 0.3 is 0 Å². The topological polar surface area (TPSA) is 66.4 Å². The number of nitrogens with zero attached hydrogens (tertiary/aromatic N) is 4. The number of rotatable bonds is 4. The van der Waals surface area contributed by atoms with Crippen LogP contribution in [-0.2, 0) is 20.9 Å². The number of hydrogen-bond donors (Lipinski definition) is 0. The Labute approximate surface area is 112 Å². The van der Waals surface area contributed by atoms with E-state index in [0.717, 1.165) is 0 Å². The number of ether oxygens (including phenoxy) is 2. The van der Waals surface area contributed by atoms with Crippen LogP contribution >= 0.6 is 0 Å². The van der Waals surface area contributed by atoms with E-state index in [2.05, 4.69) is 15.0 Å². The lowest BCUT2D eigenvalue weighted by Crippen LogP contribution is -3.00. The molecule has 8 heteroatoms. The predicted octanol–water partition coefficient (Wildman–Crippen LogP) is -3.24. The molecule has 0 bridgehead atoms. The van der Waals surface area contributed by atoms with Crippen LogP contribution in [0.5, 0.6) is 0 Å². The Bertz CT molecular complexity index is 356. The van der Waals surface area contributed by atoms with Gasteiger partial charge in [0.1, 0.15) is 25.8 Å². The van der Waals surface area contributed by atoms with Crippen molar-refractivity contribution >= 4 is 0 Å². The van der Waals surface area contributed by atoms with E-state index in [1.54, 1.807) is 14.2 Å². The molecule has 0 saturated carbocycles. The van der Waals surface area contributed by atoms with Crippen molar-refractivity contribution in [3.05, 3.63) is 18.5 Å². The first-order chi connectivity index (χ1) is 8.30. The first kappa shape index (κ1) is 15.2. The molecule has 1 aliphatic rings. The largest absolute Gasteiger partial charge is 1.00 e. The number of aromatic nitrogens is 3. The van der Waals surface area contributed by atoms with Gasteiger partial charge in [0.25, 0.3) is 0 Å². The molecule has 2 rings (SSSR count). The first-order valence-corrected chi connectivity index (χ1v) is 5.44. The van der Waals surface area contributed by atoms with Crippen LogP contribution in [0.1, 0.15) is 5.82 Å². The van der Waals surface area contributed by atoms with Gasteiger partial charge in [0, 0.05) is 7.11 Å². The lowest BCUT2D eigenvalue weighted by Gasteiger charge is -2.41. The van der Waals surface area contributed by atoms with E-state index < -0.39 is 0 Å². The highest BCUT2D eigenvalue weighted by atomic mass is 35.5. The zero-order valence-corrected chi connectivity index (χ0v) is 11.2. The third-order valence-electron chi connectivity index (χ3n) is 2.99. The third kappa shape index (κ3) is 3.12. The van der Waals surface area contributed by atoms with Crippen LogP contribution in [0.15, 0.2) is 12.7 Å².